The first-order valence-corrected chi connectivity index (χ1v) is 6.81. The highest BCUT2D eigenvalue weighted by molar-refractivity contribution is 7.92. The maximum Gasteiger partial charge on any atom is 0.265 e. The van der Waals surface area contributed by atoms with E-state index in [9.17, 15) is 21.6 Å². The first-order valence-electron chi connectivity index (χ1n) is 5.32. The molecule has 0 unspecified atom stereocenters. The number of nitrogen functional groups attached to an aromatic ring is 1. The van der Waals surface area contributed by atoms with Gasteiger partial charge in [0.25, 0.3) is 10.0 Å². The summed E-state index contributed by atoms with van der Waals surface area (Å²) in [5.41, 5.74) is 5.00. The zero-order chi connectivity index (χ0) is 14.9. The van der Waals surface area contributed by atoms with Gasteiger partial charge in [0, 0.05) is 5.69 Å². The minimum absolute atomic E-state index is 0.0994. The van der Waals surface area contributed by atoms with Gasteiger partial charge in [-0.3, -0.25) is 4.72 Å². The van der Waals surface area contributed by atoms with Gasteiger partial charge in [-0.2, -0.15) is 0 Å². The third-order valence-corrected chi connectivity index (χ3v) is 3.80. The molecule has 0 bridgehead atoms. The molecule has 0 saturated heterocycles. The third kappa shape index (κ3) is 2.85. The van der Waals surface area contributed by atoms with Crippen molar-refractivity contribution in [1.29, 1.82) is 0 Å². The van der Waals surface area contributed by atoms with Crippen molar-refractivity contribution in [2.75, 3.05) is 10.5 Å². The Balaban J connectivity index is 2.43. The van der Waals surface area contributed by atoms with Crippen molar-refractivity contribution >= 4 is 21.4 Å². The lowest BCUT2D eigenvalue weighted by molar-refractivity contribution is 0.555. The lowest BCUT2D eigenvalue weighted by Gasteiger charge is -2.10. The normalized spacial score (nSPS) is 11.3. The van der Waals surface area contributed by atoms with Gasteiger partial charge in [0.1, 0.15) is 22.3 Å². The molecular formula is C12H9F3N2O2S. The van der Waals surface area contributed by atoms with Gasteiger partial charge in [0.05, 0.1) is 5.69 Å². The molecule has 0 aliphatic rings. The van der Waals surface area contributed by atoms with E-state index in [-0.39, 0.29) is 5.69 Å². The molecule has 106 valence electrons. The van der Waals surface area contributed by atoms with Gasteiger partial charge >= 0.3 is 0 Å². The average Bonchev–Trinajstić information content (AvgIpc) is 2.35. The van der Waals surface area contributed by atoms with Crippen LogP contribution in [-0.4, -0.2) is 8.42 Å². The van der Waals surface area contributed by atoms with Crippen LogP contribution >= 0.6 is 0 Å². The largest absolute Gasteiger partial charge is 0.399 e. The van der Waals surface area contributed by atoms with Crippen molar-refractivity contribution < 1.29 is 21.6 Å². The first-order chi connectivity index (χ1) is 9.29. The number of nitrogens with one attached hydrogen (secondary N) is 1. The van der Waals surface area contributed by atoms with Crippen molar-refractivity contribution in [2.45, 2.75) is 4.90 Å². The van der Waals surface area contributed by atoms with Gasteiger partial charge in [0.15, 0.2) is 0 Å². The standard InChI is InChI=1S/C12H9F3N2O2S/c13-7-1-3-9(14)12(5-7)20(18,19)17-11-4-2-8(16)6-10(11)15/h1-6,17H,16H2. The van der Waals surface area contributed by atoms with E-state index in [1.165, 1.54) is 6.07 Å². The van der Waals surface area contributed by atoms with E-state index in [2.05, 4.69) is 0 Å². The van der Waals surface area contributed by atoms with Crippen molar-refractivity contribution in [3.8, 4) is 0 Å². The SMILES string of the molecule is Nc1ccc(NS(=O)(=O)c2cc(F)ccc2F)c(F)c1. The van der Waals surface area contributed by atoms with E-state index >= 15 is 0 Å². The Morgan fingerprint density at radius 2 is 1.65 bits per heavy atom. The molecule has 0 heterocycles. The van der Waals surface area contributed by atoms with Crippen molar-refractivity contribution in [3.63, 3.8) is 0 Å². The fourth-order valence-corrected chi connectivity index (χ4v) is 2.65. The van der Waals surface area contributed by atoms with Crippen LogP contribution in [0.15, 0.2) is 41.3 Å². The van der Waals surface area contributed by atoms with E-state index < -0.39 is 38.1 Å². The summed E-state index contributed by atoms with van der Waals surface area (Å²) in [6.07, 6.45) is 0. The number of benzene rings is 2. The van der Waals surface area contributed by atoms with Crippen LogP contribution in [0, 0.1) is 17.5 Å². The minimum Gasteiger partial charge on any atom is -0.399 e. The van der Waals surface area contributed by atoms with E-state index in [0.29, 0.717) is 12.1 Å². The Kier molecular flexibility index (Phi) is 3.58. The second-order valence-electron chi connectivity index (χ2n) is 3.92. The fourth-order valence-electron chi connectivity index (χ4n) is 1.50. The average molecular weight is 302 g/mol. The number of anilines is 2. The van der Waals surface area contributed by atoms with Gasteiger partial charge < -0.3 is 5.73 Å². The predicted molar refractivity (Wildman–Crippen MR) is 68.0 cm³/mol. The lowest BCUT2D eigenvalue weighted by Crippen LogP contribution is -2.16. The molecule has 0 aliphatic heterocycles. The van der Waals surface area contributed by atoms with Crippen LogP contribution in [0.25, 0.3) is 0 Å². The fraction of sp³-hybridized carbons (Fsp3) is 0. The second kappa shape index (κ2) is 5.04. The summed E-state index contributed by atoms with van der Waals surface area (Å²) in [6.45, 7) is 0. The highest BCUT2D eigenvalue weighted by Gasteiger charge is 2.21. The molecule has 20 heavy (non-hydrogen) atoms. The number of sulfonamides is 1. The maximum atomic E-state index is 13.5. The summed E-state index contributed by atoms with van der Waals surface area (Å²) in [7, 11) is -4.45. The molecule has 4 nitrogen and oxygen atoms in total. The van der Waals surface area contributed by atoms with Gasteiger partial charge in [-0.05, 0) is 36.4 Å². The topological polar surface area (TPSA) is 72.2 Å². The molecule has 8 heteroatoms. The molecule has 2 aromatic carbocycles. The molecule has 0 spiro atoms. The molecule has 0 saturated carbocycles. The quantitative estimate of drug-likeness (QED) is 0.856. The van der Waals surface area contributed by atoms with Gasteiger partial charge in [-0.1, -0.05) is 0 Å². The summed E-state index contributed by atoms with van der Waals surface area (Å²) in [5, 5.41) is 0. The summed E-state index contributed by atoms with van der Waals surface area (Å²) < 4.78 is 65.6. The molecule has 3 N–H and O–H groups in total. The van der Waals surface area contributed by atoms with Crippen LogP contribution in [0.1, 0.15) is 0 Å². The zero-order valence-corrected chi connectivity index (χ0v) is 10.7. The van der Waals surface area contributed by atoms with E-state index in [1.807, 2.05) is 4.72 Å². The van der Waals surface area contributed by atoms with Crippen LogP contribution in [0.2, 0.25) is 0 Å². The van der Waals surface area contributed by atoms with Crippen LogP contribution in [0.3, 0.4) is 0 Å². The molecule has 0 aliphatic carbocycles. The Labute approximate surface area is 113 Å². The monoisotopic (exact) mass is 302 g/mol. The van der Waals surface area contributed by atoms with Crippen LogP contribution < -0.4 is 10.5 Å². The van der Waals surface area contributed by atoms with Crippen LogP contribution in [0.4, 0.5) is 24.5 Å². The van der Waals surface area contributed by atoms with E-state index in [4.69, 9.17) is 5.73 Å². The minimum atomic E-state index is -4.45. The molecule has 2 rings (SSSR count). The second-order valence-corrected chi connectivity index (χ2v) is 5.57. The smallest absolute Gasteiger partial charge is 0.265 e. The highest BCUT2D eigenvalue weighted by Crippen LogP contribution is 2.23. The van der Waals surface area contributed by atoms with E-state index in [0.717, 1.165) is 18.2 Å². The first kappa shape index (κ1) is 14.2. The highest BCUT2D eigenvalue weighted by atomic mass is 32.2. The third-order valence-electron chi connectivity index (χ3n) is 2.42. The van der Waals surface area contributed by atoms with Gasteiger partial charge in [-0.15, -0.1) is 0 Å². The van der Waals surface area contributed by atoms with E-state index in [1.54, 1.807) is 0 Å². The van der Waals surface area contributed by atoms with Crippen LogP contribution in [-0.2, 0) is 10.0 Å². The number of hydrogen-bond donors (Lipinski definition) is 2. The predicted octanol–water partition coefficient (Wildman–Crippen LogP) is 2.49. The van der Waals surface area contributed by atoms with Crippen LogP contribution in [0.5, 0.6) is 0 Å². The zero-order valence-electron chi connectivity index (χ0n) is 9.90. The molecule has 0 atom stereocenters. The molecule has 0 radical (unpaired) electrons. The van der Waals surface area contributed by atoms with Gasteiger partial charge in [0.2, 0.25) is 0 Å². The summed E-state index contributed by atoms with van der Waals surface area (Å²) in [6, 6.07) is 5.20. The van der Waals surface area contributed by atoms with Gasteiger partial charge in [-0.25, -0.2) is 21.6 Å². The van der Waals surface area contributed by atoms with Crippen molar-refractivity contribution in [1.82, 2.24) is 0 Å². The number of nitrogens with two attached hydrogens (primary N) is 1. The van der Waals surface area contributed by atoms with Crippen molar-refractivity contribution in [2.24, 2.45) is 0 Å². The Morgan fingerprint density at radius 1 is 0.950 bits per heavy atom. The molecule has 0 fully saturated rings. The lowest BCUT2D eigenvalue weighted by atomic mass is 10.3. The maximum absolute atomic E-state index is 13.5. The Hall–Kier alpha value is -2.22. The number of hydrogen-bond acceptors (Lipinski definition) is 3. The molecule has 2 aromatic rings. The molecular weight excluding hydrogens is 293 g/mol. The summed E-state index contributed by atoms with van der Waals surface area (Å²) in [4.78, 5) is -0.909. The summed E-state index contributed by atoms with van der Waals surface area (Å²) >= 11 is 0. The number of rotatable bonds is 3. The molecule has 0 aromatic heterocycles. The summed E-state index contributed by atoms with van der Waals surface area (Å²) in [5.74, 6) is -3.00. The molecule has 0 amide bonds. The number of halogens is 3. The Bertz CT molecular complexity index is 763. The van der Waals surface area contributed by atoms with Crippen molar-refractivity contribution in [3.05, 3.63) is 53.8 Å². The Morgan fingerprint density at radius 3 is 2.30 bits per heavy atom.